The molecule has 0 bridgehead atoms. The molecule has 0 saturated carbocycles. The lowest BCUT2D eigenvalue weighted by atomic mass is 10.1. The summed E-state index contributed by atoms with van der Waals surface area (Å²) < 4.78 is 5.42. The lowest BCUT2D eigenvalue weighted by Crippen LogP contribution is -2.20. The number of aldehydes is 1. The van der Waals surface area contributed by atoms with Crippen molar-refractivity contribution in [1.29, 1.82) is 0 Å². The van der Waals surface area contributed by atoms with Crippen LogP contribution in [-0.4, -0.2) is 18.8 Å². The van der Waals surface area contributed by atoms with Crippen LogP contribution in [0.1, 0.15) is 10.4 Å². The Kier molecular flexibility index (Phi) is 4.34. The quantitative estimate of drug-likeness (QED) is 0.732. The molecule has 0 aliphatic heterocycles. The summed E-state index contributed by atoms with van der Waals surface area (Å²) >= 11 is 0. The maximum atomic E-state index is 12.1. The average molecular weight is 305 g/mol. The number of anilines is 1. The van der Waals surface area contributed by atoms with Gasteiger partial charge >= 0.3 is 0 Å². The largest absolute Gasteiger partial charge is 0.484 e. The molecule has 0 aromatic heterocycles. The van der Waals surface area contributed by atoms with E-state index in [1.165, 1.54) is 0 Å². The predicted molar refractivity (Wildman–Crippen MR) is 89.9 cm³/mol. The van der Waals surface area contributed by atoms with E-state index in [0.29, 0.717) is 11.3 Å². The van der Waals surface area contributed by atoms with Gasteiger partial charge in [-0.25, -0.2) is 0 Å². The third kappa shape index (κ3) is 3.55. The van der Waals surface area contributed by atoms with Crippen molar-refractivity contribution in [2.45, 2.75) is 0 Å². The van der Waals surface area contributed by atoms with Crippen LogP contribution in [0.25, 0.3) is 10.8 Å². The van der Waals surface area contributed by atoms with Gasteiger partial charge in [0.25, 0.3) is 5.91 Å². The fraction of sp³-hybridized carbons (Fsp3) is 0.0526. The van der Waals surface area contributed by atoms with Crippen molar-refractivity contribution >= 4 is 28.7 Å². The van der Waals surface area contributed by atoms with E-state index >= 15 is 0 Å². The molecule has 3 aromatic rings. The molecule has 0 aliphatic carbocycles. The topological polar surface area (TPSA) is 55.4 Å². The Morgan fingerprint density at radius 3 is 2.65 bits per heavy atom. The fourth-order valence-corrected chi connectivity index (χ4v) is 2.35. The molecule has 1 amide bonds. The minimum absolute atomic E-state index is 0.120. The van der Waals surface area contributed by atoms with E-state index in [2.05, 4.69) is 5.32 Å². The number of carbonyl (C=O) groups is 2. The number of fused-ring (bicyclic) bond motifs is 1. The predicted octanol–water partition coefficient (Wildman–Crippen LogP) is 3.67. The van der Waals surface area contributed by atoms with Crippen molar-refractivity contribution in [1.82, 2.24) is 0 Å². The molecule has 1 N–H and O–H groups in total. The van der Waals surface area contributed by atoms with Gasteiger partial charge in [-0.1, -0.05) is 48.5 Å². The first-order chi connectivity index (χ1) is 11.3. The van der Waals surface area contributed by atoms with Crippen LogP contribution in [0, 0.1) is 0 Å². The molecule has 0 unspecified atom stereocenters. The van der Waals surface area contributed by atoms with Crippen molar-refractivity contribution in [2.24, 2.45) is 0 Å². The van der Waals surface area contributed by atoms with Crippen molar-refractivity contribution in [3.05, 3.63) is 72.3 Å². The maximum Gasteiger partial charge on any atom is 0.262 e. The van der Waals surface area contributed by atoms with Gasteiger partial charge < -0.3 is 10.1 Å². The van der Waals surface area contributed by atoms with Gasteiger partial charge in [0.2, 0.25) is 0 Å². The summed E-state index contributed by atoms with van der Waals surface area (Å²) in [7, 11) is 0. The third-order valence-electron chi connectivity index (χ3n) is 3.43. The Bertz CT molecular complexity index is 853. The van der Waals surface area contributed by atoms with E-state index in [1.54, 1.807) is 24.3 Å². The smallest absolute Gasteiger partial charge is 0.262 e. The summed E-state index contributed by atoms with van der Waals surface area (Å²) in [5.41, 5.74) is 1.26. The van der Waals surface area contributed by atoms with E-state index < -0.39 is 0 Å². The zero-order chi connectivity index (χ0) is 16.1. The Morgan fingerprint density at radius 2 is 1.78 bits per heavy atom. The van der Waals surface area contributed by atoms with Gasteiger partial charge in [0, 0.05) is 16.6 Å². The summed E-state index contributed by atoms with van der Waals surface area (Å²) in [6.07, 6.45) is 0.739. The van der Waals surface area contributed by atoms with E-state index in [1.807, 2.05) is 42.5 Å². The highest BCUT2D eigenvalue weighted by Gasteiger charge is 2.06. The molecule has 3 rings (SSSR count). The number of carbonyl (C=O) groups excluding carboxylic acids is 2. The fourth-order valence-electron chi connectivity index (χ4n) is 2.35. The van der Waals surface area contributed by atoms with E-state index in [9.17, 15) is 9.59 Å². The van der Waals surface area contributed by atoms with Crippen LogP contribution in [0.5, 0.6) is 5.75 Å². The number of nitrogens with one attached hydrogen (secondary N) is 1. The summed E-state index contributed by atoms with van der Waals surface area (Å²) in [6, 6.07) is 20.3. The van der Waals surface area contributed by atoms with Gasteiger partial charge in [0.1, 0.15) is 12.0 Å². The molecule has 0 radical (unpaired) electrons. The van der Waals surface area contributed by atoms with Crippen LogP contribution < -0.4 is 10.1 Å². The van der Waals surface area contributed by atoms with Gasteiger partial charge in [-0.15, -0.1) is 0 Å². The number of rotatable bonds is 5. The second-order valence-corrected chi connectivity index (χ2v) is 5.05. The molecule has 0 heterocycles. The normalized spacial score (nSPS) is 10.3. The molecular weight excluding hydrogens is 290 g/mol. The summed E-state index contributed by atoms with van der Waals surface area (Å²) in [6.45, 7) is -0.120. The molecule has 3 aromatic carbocycles. The molecule has 114 valence electrons. The maximum absolute atomic E-state index is 12.1. The van der Waals surface area contributed by atoms with Crippen LogP contribution in [0.15, 0.2) is 66.7 Å². The summed E-state index contributed by atoms with van der Waals surface area (Å²) in [5.74, 6) is 0.237. The number of hydrogen-bond acceptors (Lipinski definition) is 3. The first kappa shape index (κ1) is 14.8. The molecular formula is C19H15NO3. The van der Waals surface area contributed by atoms with E-state index in [-0.39, 0.29) is 12.5 Å². The van der Waals surface area contributed by atoms with Crippen molar-refractivity contribution < 1.29 is 14.3 Å². The highest BCUT2D eigenvalue weighted by molar-refractivity contribution is 6.02. The minimum Gasteiger partial charge on any atom is -0.484 e. The van der Waals surface area contributed by atoms with Crippen LogP contribution >= 0.6 is 0 Å². The Hall–Kier alpha value is -3.14. The lowest BCUT2D eigenvalue weighted by Gasteiger charge is -2.10. The van der Waals surface area contributed by atoms with Crippen molar-refractivity contribution in [2.75, 3.05) is 11.9 Å². The first-order valence-electron chi connectivity index (χ1n) is 7.22. The first-order valence-corrected chi connectivity index (χ1v) is 7.22. The molecule has 23 heavy (non-hydrogen) atoms. The van der Waals surface area contributed by atoms with Crippen molar-refractivity contribution in [3.8, 4) is 5.75 Å². The standard InChI is InChI=1S/C19H15NO3/c21-12-14-5-3-8-16(11-14)23-13-19(22)20-18-10-4-7-15-6-1-2-9-17(15)18/h1-12H,13H2,(H,20,22). The summed E-state index contributed by atoms with van der Waals surface area (Å²) in [4.78, 5) is 22.8. The lowest BCUT2D eigenvalue weighted by molar-refractivity contribution is -0.118. The van der Waals surface area contributed by atoms with E-state index in [0.717, 1.165) is 22.7 Å². The number of benzene rings is 3. The molecule has 4 nitrogen and oxygen atoms in total. The van der Waals surface area contributed by atoms with Crippen LogP contribution in [0.2, 0.25) is 0 Å². The van der Waals surface area contributed by atoms with Crippen LogP contribution in [0.4, 0.5) is 5.69 Å². The Labute approximate surface area is 133 Å². The van der Waals surface area contributed by atoms with Gasteiger partial charge in [0.15, 0.2) is 6.61 Å². The summed E-state index contributed by atoms with van der Waals surface area (Å²) in [5, 5.41) is 4.89. The average Bonchev–Trinajstić information content (AvgIpc) is 2.60. The monoisotopic (exact) mass is 305 g/mol. The number of amides is 1. The number of hydrogen-bond donors (Lipinski definition) is 1. The van der Waals surface area contributed by atoms with Crippen LogP contribution in [-0.2, 0) is 4.79 Å². The van der Waals surface area contributed by atoms with Crippen LogP contribution in [0.3, 0.4) is 0 Å². The second kappa shape index (κ2) is 6.75. The molecule has 0 spiro atoms. The molecule has 4 heteroatoms. The highest BCUT2D eigenvalue weighted by atomic mass is 16.5. The Balaban J connectivity index is 1.68. The molecule has 0 saturated heterocycles. The number of ether oxygens (including phenoxy) is 1. The molecule has 0 aliphatic rings. The third-order valence-corrected chi connectivity index (χ3v) is 3.43. The van der Waals surface area contributed by atoms with Gasteiger partial charge in [-0.2, -0.15) is 0 Å². The molecule has 0 fully saturated rings. The highest BCUT2D eigenvalue weighted by Crippen LogP contribution is 2.22. The van der Waals surface area contributed by atoms with Gasteiger partial charge in [-0.05, 0) is 23.6 Å². The minimum atomic E-state index is -0.252. The SMILES string of the molecule is O=Cc1cccc(OCC(=O)Nc2cccc3ccccc23)c1. The van der Waals surface area contributed by atoms with E-state index in [4.69, 9.17) is 4.74 Å². The second-order valence-electron chi connectivity index (χ2n) is 5.05. The van der Waals surface area contributed by atoms with Gasteiger partial charge in [0.05, 0.1) is 0 Å². The Morgan fingerprint density at radius 1 is 1.00 bits per heavy atom. The van der Waals surface area contributed by atoms with Gasteiger partial charge in [-0.3, -0.25) is 9.59 Å². The van der Waals surface area contributed by atoms with Crippen molar-refractivity contribution in [3.63, 3.8) is 0 Å². The zero-order valence-electron chi connectivity index (χ0n) is 12.4. The molecule has 0 atom stereocenters. The zero-order valence-corrected chi connectivity index (χ0v) is 12.4.